The maximum Gasteiger partial charge on any atom is 0.335 e. The summed E-state index contributed by atoms with van der Waals surface area (Å²) in [5.74, 6) is 0.142. The van der Waals surface area contributed by atoms with Crippen molar-refractivity contribution in [2.75, 3.05) is 32.5 Å². The normalized spacial score (nSPS) is 16.9. The Morgan fingerprint density at radius 3 is 2.88 bits per heavy atom. The lowest BCUT2D eigenvalue weighted by molar-refractivity contribution is -0.128. The molecule has 1 fully saturated rings. The third kappa shape index (κ3) is 5.44. The van der Waals surface area contributed by atoms with Gasteiger partial charge in [-0.2, -0.15) is 0 Å². The topological polar surface area (TPSA) is 93.1 Å². The zero-order valence-corrected chi connectivity index (χ0v) is 14.5. The van der Waals surface area contributed by atoms with Crippen LogP contribution in [0, 0.1) is 0 Å². The highest BCUT2D eigenvalue weighted by molar-refractivity contribution is 7.53. The van der Waals surface area contributed by atoms with Gasteiger partial charge in [0.1, 0.15) is 18.5 Å². The van der Waals surface area contributed by atoms with Crippen LogP contribution >= 0.6 is 7.60 Å². The molecule has 0 aromatic heterocycles. The molecule has 1 heterocycles. The van der Waals surface area contributed by atoms with E-state index in [0.29, 0.717) is 30.9 Å². The lowest BCUT2D eigenvalue weighted by atomic mass is 10.1. The third-order valence-electron chi connectivity index (χ3n) is 3.63. The number of ketones is 1. The van der Waals surface area contributed by atoms with Crippen molar-refractivity contribution in [3.05, 3.63) is 29.8 Å². The van der Waals surface area contributed by atoms with Gasteiger partial charge in [-0.25, -0.2) is 0 Å². The van der Waals surface area contributed by atoms with Crippen LogP contribution in [-0.4, -0.2) is 53.9 Å². The fraction of sp³-hybridized carbons (Fsp3) is 0.500. The molecular weight excluding hydrogens is 333 g/mol. The molecule has 1 atom stereocenters. The Hall–Kier alpha value is -1.69. The second-order valence-corrected chi connectivity index (χ2v) is 7.35. The number of ether oxygens (including phenoxy) is 1. The molecule has 0 bridgehead atoms. The van der Waals surface area contributed by atoms with E-state index in [1.807, 2.05) is 0 Å². The van der Waals surface area contributed by atoms with Gasteiger partial charge in [0.15, 0.2) is 5.78 Å². The molecule has 7 nitrogen and oxygen atoms in total. The van der Waals surface area contributed by atoms with Gasteiger partial charge in [-0.1, -0.05) is 12.1 Å². The quantitative estimate of drug-likeness (QED) is 0.539. The van der Waals surface area contributed by atoms with Crippen LogP contribution in [0.5, 0.6) is 5.75 Å². The summed E-state index contributed by atoms with van der Waals surface area (Å²) in [6.45, 7) is 3.25. The molecule has 132 valence electrons. The summed E-state index contributed by atoms with van der Waals surface area (Å²) < 4.78 is 22.0. The van der Waals surface area contributed by atoms with E-state index in [2.05, 4.69) is 0 Å². The van der Waals surface area contributed by atoms with E-state index in [0.717, 1.165) is 13.0 Å². The number of likely N-dealkylation sites (tertiary alicyclic amines) is 1. The van der Waals surface area contributed by atoms with Crippen molar-refractivity contribution >= 4 is 19.3 Å². The number of carbonyl (C=O) groups is 2. The van der Waals surface area contributed by atoms with Gasteiger partial charge < -0.3 is 19.1 Å². The van der Waals surface area contributed by atoms with Gasteiger partial charge in [-0.05, 0) is 25.5 Å². The summed E-state index contributed by atoms with van der Waals surface area (Å²) in [5, 5.41) is 0. The second-order valence-electron chi connectivity index (χ2n) is 5.50. The summed E-state index contributed by atoms with van der Waals surface area (Å²) in [6.07, 6.45) is 0.904. The van der Waals surface area contributed by atoms with Crippen LogP contribution in [-0.2, 0) is 13.9 Å². The van der Waals surface area contributed by atoms with Gasteiger partial charge in [-0.15, -0.1) is 0 Å². The van der Waals surface area contributed by atoms with Gasteiger partial charge in [0, 0.05) is 18.5 Å². The number of nitrogens with zero attached hydrogens (tertiary/aromatic N) is 1. The van der Waals surface area contributed by atoms with Gasteiger partial charge in [0.2, 0.25) is 5.91 Å². The summed E-state index contributed by atoms with van der Waals surface area (Å²) in [6, 6.07) is 6.43. The van der Waals surface area contributed by atoms with E-state index in [4.69, 9.17) is 9.26 Å². The van der Waals surface area contributed by atoms with Crippen LogP contribution in [0.15, 0.2) is 24.3 Å². The zero-order valence-electron chi connectivity index (χ0n) is 13.6. The molecule has 1 aromatic carbocycles. The zero-order chi connectivity index (χ0) is 17.6. The number of hydrogen-bond donors (Lipinski definition) is 1. The van der Waals surface area contributed by atoms with Gasteiger partial charge in [0.05, 0.1) is 13.2 Å². The fourth-order valence-electron chi connectivity index (χ4n) is 2.49. The number of Topliss-reactive ketones (excluding diaryl/α,β-unsaturated/α-hetero) is 1. The van der Waals surface area contributed by atoms with Gasteiger partial charge >= 0.3 is 7.60 Å². The third-order valence-corrected chi connectivity index (χ3v) is 4.98. The van der Waals surface area contributed by atoms with Crippen LogP contribution in [0.1, 0.15) is 30.1 Å². The molecule has 1 amide bonds. The number of benzene rings is 1. The first-order valence-corrected chi connectivity index (χ1v) is 9.68. The fourth-order valence-corrected chi connectivity index (χ4v) is 3.53. The minimum Gasteiger partial charge on any atom is -0.492 e. The van der Waals surface area contributed by atoms with Crippen molar-refractivity contribution in [3.63, 3.8) is 0 Å². The molecule has 0 spiro atoms. The predicted molar refractivity (Wildman–Crippen MR) is 88.4 cm³/mol. The summed E-state index contributed by atoms with van der Waals surface area (Å²) >= 11 is 0. The smallest absolute Gasteiger partial charge is 0.335 e. The largest absolute Gasteiger partial charge is 0.492 e. The predicted octanol–water partition coefficient (Wildman–Crippen LogP) is 2.09. The van der Waals surface area contributed by atoms with E-state index >= 15 is 0 Å². The average Bonchev–Trinajstić information content (AvgIpc) is 2.92. The molecule has 1 aliphatic heterocycles. The van der Waals surface area contributed by atoms with Crippen molar-refractivity contribution < 1.29 is 28.3 Å². The number of hydrogen-bond acceptors (Lipinski definition) is 5. The van der Waals surface area contributed by atoms with E-state index in [1.54, 1.807) is 30.0 Å². The Balaban J connectivity index is 1.89. The van der Waals surface area contributed by atoms with Crippen molar-refractivity contribution in [1.82, 2.24) is 4.90 Å². The first-order valence-electron chi connectivity index (χ1n) is 7.91. The first kappa shape index (κ1) is 18.6. The standard InChI is InChI=1S/C16H22NO6P/c1-2-23-24(20,21)12-15(18)13-5-3-6-14(11-13)22-10-9-17-8-4-7-16(17)19/h3,5-6,11H,2,4,7-10,12H2,1H3,(H,20,21). The Morgan fingerprint density at radius 2 is 2.21 bits per heavy atom. The Morgan fingerprint density at radius 1 is 1.42 bits per heavy atom. The number of carbonyl (C=O) groups excluding carboxylic acids is 2. The van der Waals surface area contributed by atoms with E-state index < -0.39 is 19.5 Å². The molecule has 2 rings (SSSR count). The Labute approximate surface area is 141 Å². The molecule has 1 saturated heterocycles. The SMILES string of the molecule is CCOP(=O)(O)CC(=O)c1cccc(OCCN2CCCC2=O)c1. The molecule has 8 heteroatoms. The van der Waals surface area contributed by atoms with Gasteiger partial charge in [-0.3, -0.25) is 14.2 Å². The number of amides is 1. The maximum absolute atomic E-state index is 12.1. The van der Waals surface area contributed by atoms with Crippen molar-refractivity contribution in [2.24, 2.45) is 0 Å². The van der Waals surface area contributed by atoms with Crippen LogP contribution < -0.4 is 4.74 Å². The second kappa shape index (κ2) is 8.42. The molecule has 0 radical (unpaired) electrons. The summed E-state index contributed by atoms with van der Waals surface area (Å²) in [7, 11) is -3.91. The highest BCUT2D eigenvalue weighted by Gasteiger charge is 2.24. The van der Waals surface area contributed by atoms with Crippen molar-refractivity contribution in [2.45, 2.75) is 19.8 Å². The molecular formula is C16H22NO6P. The minimum absolute atomic E-state index is 0.0689. The van der Waals surface area contributed by atoms with Crippen LogP contribution in [0.2, 0.25) is 0 Å². The van der Waals surface area contributed by atoms with Crippen molar-refractivity contribution in [1.29, 1.82) is 0 Å². The van der Waals surface area contributed by atoms with E-state index in [-0.39, 0.29) is 12.5 Å². The molecule has 24 heavy (non-hydrogen) atoms. The summed E-state index contributed by atoms with van der Waals surface area (Å²) in [4.78, 5) is 34.9. The van der Waals surface area contributed by atoms with Crippen LogP contribution in [0.25, 0.3) is 0 Å². The van der Waals surface area contributed by atoms with E-state index in [1.165, 1.54) is 6.07 Å². The first-order chi connectivity index (χ1) is 11.4. The van der Waals surface area contributed by atoms with Crippen LogP contribution in [0.4, 0.5) is 0 Å². The summed E-state index contributed by atoms with van der Waals surface area (Å²) in [5.41, 5.74) is 0.290. The molecule has 1 unspecified atom stereocenters. The monoisotopic (exact) mass is 355 g/mol. The lowest BCUT2D eigenvalue weighted by Crippen LogP contribution is -2.29. The highest BCUT2D eigenvalue weighted by atomic mass is 31.2. The van der Waals surface area contributed by atoms with E-state index in [9.17, 15) is 19.0 Å². The molecule has 1 aromatic rings. The Bertz CT molecular complexity index is 647. The Kier molecular flexibility index (Phi) is 6.54. The van der Waals surface area contributed by atoms with Crippen LogP contribution in [0.3, 0.4) is 0 Å². The molecule has 0 saturated carbocycles. The maximum atomic E-state index is 12.1. The molecule has 0 aliphatic carbocycles. The van der Waals surface area contributed by atoms with Gasteiger partial charge in [0.25, 0.3) is 0 Å². The molecule has 1 N–H and O–H groups in total. The number of rotatable bonds is 9. The average molecular weight is 355 g/mol. The minimum atomic E-state index is -3.91. The molecule has 1 aliphatic rings. The highest BCUT2D eigenvalue weighted by Crippen LogP contribution is 2.42. The lowest BCUT2D eigenvalue weighted by Gasteiger charge is -2.16. The van der Waals surface area contributed by atoms with Crippen molar-refractivity contribution in [3.8, 4) is 5.75 Å².